The van der Waals surface area contributed by atoms with E-state index in [1.807, 2.05) is 53.8 Å². The van der Waals surface area contributed by atoms with Crippen LogP contribution in [-0.4, -0.2) is 48.4 Å². The third kappa shape index (κ3) is 6.06. The number of hydrogen-bond acceptors (Lipinski definition) is 4. The SMILES string of the molecule is CC(CCC(=O)O)NC(=O)C(CNC(=O)OCC1c2ccccc2-c2ccccc21)C(F)(F)F. The zero-order valence-corrected chi connectivity index (χ0v) is 18.4. The van der Waals surface area contributed by atoms with Gasteiger partial charge in [-0.1, -0.05) is 48.5 Å². The van der Waals surface area contributed by atoms with Crippen molar-refractivity contribution in [1.29, 1.82) is 0 Å². The predicted octanol–water partition coefficient (Wildman–Crippen LogP) is 4.07. The first-order chi connectivity index (χ1) is 16.1. The van der Waals surface area contributed by atoms with E-state index < -0.39 is 42.7 Å². The molecule has 182 valence electrons. The van der Waals surface area contributed by atoms with Crippen molar-refractivity contribution in [3.05, 3.63) is 59.7 Å². The van der Waals surface area contributed by atoms with Gasteiger partial charge in [-0.15, -0.1) is 0 Å². The average molecular weight is 478 g/mol. The molecule has 10 heteroatoms. The molecular formula is C24H25F3N2O5. The number of hydrogen-bond donors (Lipinski definition) is 3. The van der Waals surface area contributed by atoms with Gasteiger partial charge in [-0.2, -0.15) is 13.2 Å². The molecule has 2 aromatic carbocycles. The Balaban J connectivity index is 1.57. The molecule has 0 heterocycles. The fraction of sp³-hybridized carbons (Fsp3) is 0.375. The molecule has 0 bridgehead atoms. The zero-order valence-electron chi connectivity index (χ0n) is 18.4. The molecule has 1 aliphatic carbocycles. The molecule has 2 amide bonds. The number of amides is 2. The second kappa shape index (κ2) is 10.6. The van der Waals surface area contributed by atoms with Crippen LogP contribution in [0, 0.1) is 5.92 Å². The first-order valence-corrected chi connectivity index (χ1v) is 10.8. The minimum Gasteiger partial charge on any atom is -0.481 e. The Labute approximate surface area is 194 Å². The maximum atomic E-state index is 13.4. The molecule has 34 heavy (non-hydrogen) atoms. The van der Waals surface area contributed by atoms with Crippen LogP contribution in [-0.2, 0) is 14.3 Å². The highest BCUT2D eigenvalue weighted by Crippen LogP contribution is 2.44. The zero-order chi connectivity index (χ0) is 24.9. The van der Waals surface area contributed by atoms with E-state index in [1.54, 1.807) is 0 Å². The van der Waals surface area contributed by atoms with E-state index in [0.29, 0.717) is 0 Å². The topological polar surface area (TPSA) is 105 Å². The van der Waals surface area contributed by atoms with E-state index in [2.05, 4.69) is 5.32 Å². The molecule has 0 spiro atoms. The first-order valence-electron chi connectivity index (χ1n) is 10.8. The lowest BCUT2D eigenvalue weighted by molar-refractivity contribution is -0.181. The normalized spacial score (nSPS) is 14.5. The van der Waals surface area contributed by atoms with Gasteiger partial charge in [-0.3, -0.25) is 9.59 Å². The molecule has 0 saturated carbocycles. The van der Waals surface area contributed by atoms with Crippen molar-refractivity contribution >= 4 is 18.0 Å². The van der Waals surface area contributed by atoms with Crippen molar-refractivity contribution in [2.75, 3.05) is 13.2 Å². The molecule has 2 unspecified atom stereocenters. The average Bonchev–Trinajstić information content (AvgIpc) is 3.09. The summed E-state index contributed by atoms with van der Waals surface area (Å²) in [5.74, 6) is -5.22. The van der Waals surface area contributed by atoms with Crippen molar-refractivity contribution < 1.29 is 37.4 Å². The Morgan fingerprint density at radius 1 is 1.03 bits per heavy atom. The summed E-state index contributed by atoms with van der Waals surface area (Å²) in [6, 6.07) is 14.5. The standard InChI is InChI=1S/C24H25F3N2O5/c1-14(10-11-21(30)31)29-22(32)20(24(25,26)27)12-28-23(33)34-13-19-17-8-4-2-6-15(17)16-7-3-5-9-18(16)19/h2-9,14,19-20H,10-13H2,1H3,(H,28,33)(H,29,32)(H,30,31). The van der Waals surface area contributed by atoms with Crippen molar-refractivity contribution in [1.82, 2.24) is 10.6 Å². The summed E-state index contributed by atoms with van der Waals surface area (Å²) in [5.41, 5.74) is 3.94. The fourth-order valence-electron chi connectivity index (χ4n) is 3.95. The third-order valence-electron chi connectivity index (χ3n) is 5.69. The summed E-state index contributed by atoms with van der Waals surface area (Å²) in [6.45, 7) is 0.333. The van der Waals surface area contributed by atoms with Crippen LogP contribution in [0.4, 0.5) is 18.0 Å². The minimum absolute atomic E-state index is 0.0224. The number of alkyl carbamates (subject to hydrolysis) is 1. The Morgan fingerprint density at radius 3 is 2.12 bits per heavy atom. The number of nitrogens with one attached hydrogen (secondary N) is 2. The molecule has 0 aliphatic heterocycles. The number of aliphatic carboxylic acids is 1. The largest absolute Gasteiger partial charge is 0.481 e. The van der Waals surface area contributed by atoms with Crippen LogP contribution in [0.3, 0.4) is 0 Å². The number of alkyl halides is 3. The summed E-state index contributed by atoms with van der Waals surface area (Å²) >= 11 is 0. The van der Waals surface area contributed by atoms with Crippen LogP contribution in [0.15, 0.2) is 48.5 Å². The fourth-order valence-corrected chi connectivity index (χ4v) is 3.95. The van der Waals surface area contributed by atoms with Gasteiger partial charge in [0.2, 0.25) is 5.91 Å². The second-order valence-corrected chi connectivity index (χ2v) is 8.14. The highest BCUT2D eigenvalue weighted by molar-refractivity contribution is 5.81. The molecule has 0 aromatic heterocycles. The summed E-state index contributed by atoms with van der Waals surface area (Å²) in [5, 5.41) is 12.8. The van der Waals surface area contributed by atoms with Crippen LogP contribution in [0.25, 0.3) is 11.1 Å². The number of halogens is 3. The van der Waals surface area contributed by atoms with Crippen molar-refractivity contribution in [3.63, 3.8) is 0 Å². The Kier molecular flexibility index (Phi) is 7.80. The second-order valence-electron chi connectivity index (χ2n) is 8.14. The quantitative estimate of drug-likeness (QED) is 0.504. The van der Waals surface area contributed by atoms with E-state index in [9.17, 15) is 27.6 Å². The Hall–Kier alpha value is -3.56. The highest BCUT2D eigenvalue weighted by Gasteiger charge is 2.45. The van der Waals surface area contributed by atoms with Crippen LogP contribution >= 0.6 is 0 Å². The molecule has 0 fully saturated rings. The highest BCUT2D eigenvalue weighted by atomic mass is 19.4. The molecule has 7 nitrogen and oxygen atoms in total. The lowest BCUT2D eigenvalue weighted by Crippen LogP contribution is -2.48. The van der Waals surface area contributed by atoms with Gasteiger partial charge in [0.15, 0.2) is 5.92 Å². The van der Waals surface area contributed by atoms with Crippen molar-refractivity contribution in [2.45, 2.75) is 37.9 Å². The van der Waals surface area contributed by atoms with Crippen LogP contribution in [0.5, 0.6) is 0 Å². The molecule has 3 N–H and O–H groups in total. The molecule has 2 atom stereocenters. The smallest absolute Gasteiger partial charge is 0.407 e. The maximum absolute atomic E-state index is 13.4. The van der Waals surface area contributed by atoms with Gasteiger partial charge in [-0.25, -0.2) is 4.79 Å². The number of carboxylic acids is 1. The van der Waals surface area contributed by atoms with Crippen molar-refractivity contribution in [2.24, 2.45) is 5.92 Å². The molecule has 0 saturated heterocycles. The van der Waals surface area contributed by atoms with Gasteiger partial charge >= 0.3 is 18.2 Å². The van der Waals surface area contributed by atoms with E-state index in [1.165, 1.54) is 6.92 Å². The van der Waals surface area contributed by atoms with Gasteiger partial charge < -0.3 is 20.5 Å². The van der Waals surface area contributed by atoms with Crippen LogP contribution < -0.4 is 10.6 Å². The van der Waals surface area contributed by atoms with Gasteiger partial charge in [-0.05, 0) is 35.6 Å². The Morgan fingerprint density at radius 2 is 1.59 bits per heavy atom. The predicted molar refractivity (Wildman–Crippen MR) is 117 cm³/mol. The van der Waals surface area contributed by atoms with E-state index in [0.717, 1.165) is 22.3 Å². The molecular weight excluding hydrogens is 453 g/mol. The van der Waals surface area contributed by atoms with E-state index in [4.69, 9.17) is 9.84 Å². The van der Waals surface area contributed by atoms with Gasteiger partial charge in [0.05, 0.1) is 0 Å². The number of fused-ring (bicyclic) bond motifs is 3. The van der Waals surface area contributed by atoms with E-state index >= 15 is 0 Å². The van der Waals surface area contributed by atoms with Crippen LogP contribution in [0.1, 0.15) is 36.8 Å². The molecule has 3 rings (SSSR count). The summed E-state index contributed by atoms with van der Waals surface area (Å²) in [4.78, 5) is 34.9. The van der Waals surface area contributed by atoms with Crippen LogP contribution in [0.2, 0.25) is 0 Å². The van der Waals surface area contributed by atoms with Gasteiger partial charge in [0.25, 0.3) is 0 Å². The molecule has 0 radical (unpaired) electrons. The molecule has 2 aromatic rings. The number of carboxylic acid groups (broad SMARTS) is 1. The van der Waals surface area contributed by atoms with E-state index in [-0.39, 0.29) is 25.4 Å². The molecule has 1 aliphatic rings. The first kappa shape index (κ1) is 25.1. The van der Waals surface area contributed by atoms with Gasteiger partial charge in [0.1, 0.15) is 6.61 Å². The number of benzene rings is 2. The lowest BCUT2D eigenvalue weighted by Gasteiger charge is -2.22. The minimum atomic E-state index is -4.91. The Bertz CT molecular complexity index is 1010. The number of rotatable bonds is 9. The third-order valence-corrected chi connectivity index (χ3v) is 5.69. The summed E-state index contributed by atoms with van der Waals surface area (Å²) < 4.78 is 45.4. The maximum Gasteiger partial charge on any atom is 0.407 e. The number of carbonyl (C=O) groups is 3. The lowest BCUT2D eigenvalue weighted by atomic mass is 9.98. The number of carbonyl (C=O) groups excluding carboxylic acids is 2. The summed E-state index contributed by atoms with van der Waals surface area (Å²) in [6.07, 6.45) is -6.29. The van der Waals surface area contributed by atoms with Crippen molar-refractivity contribution in [3.8, 4) is 11.1 Å². The van der Waals surface area contributed by atoms with Gasteiger partial charge in [0, 0.05) is 24.9 Å². The number of ether oxygens (including phenoxy) is 1. The summed E-state index contributed by atoms with van der Waals surface area (Å²) in [7, 11) is 0. The monoisotopic (exact) mass is 478 g/mol.